The van der Waals surface area contributed by atoms with Crippen molar-refractivity contribution in [1.82, 2.24) is 0 Å². The highest BCUT2D eigenvalue weighted by atomic mass is 32.2. The van der Waals surface area contributed by atoms with E-state index < -0.39 is 35.1 Å². The summed E-state index contributed by atoms with van der Waals surface area (Å²) in [6.07, 6.45) is -5.50. The number of carboxylic acid groups (broad SMARTS) is 1. The van der Waals surface area contributed by atoms with Crippen LogP contribution < -0.4 is 0 Å². The topological polar surface area (TPSA) is 54.4 Å². The van der Waals surface area contributed by atoms with Gasteiger partial charge in [-0.05, 0) is 70.7 Å². The Kier molecular flexibility index (Phi) is 3.02. The predicted molar refractivity (Wildman–Crippen MR) is 97.9 cm³/mol. The van der Waals surface area contributed by atoms with Gasteiger partial charge in [-0.1, -0.05) is 18.2 Å². The molecule has 3 nitrogen and oxygen atoms in total. The highest BCUT2D eigenvalue weighted by Gasteiger charge is 2.25. The van der Waals surface area contributed by atoms with Crippen molar-refractivity contribution >= 4 is 34.0 Å². The molecule has 2 aromatic rings. The van der Waals surface area contributed by atoms with Gasteiger partial charge in [0.25, 0.3) is 0 Å². The fourth-order valence-corrected chi connectivity index (χ4v) is 3.09. The van der Waals surface area contributed by atoms with Gasteiger partial charge in [0, 0.05) is 28.7 Å². The molecule has 5 heteroatoms. The number of carboxylic acids is 1. The zero-order valence-corrected chi connectivity index (χ0v) is 13.9. The van der Waals surface area contributed by atoms with E-state index in [9.17, 15) is 18.5 Å². The van der Waals surface area contributed by atoms with E-state index in [1.807, 2.05) is 0 Å². The summed E-state index contributed by atoms with van der Waals surface area (Å²) in [5.41, 5.74) is 0.888. The Morgan fingerprint density at radius 1 is 1.32 bits per heavy atom. The van der Waals surface area contributed by atoms with Gasteiger partial charge in [0.2, 0.25) is 0 Å². The first-order valence-electron chi connectivity index (χ1n) is 10.3. The first-order chi connectivity index (χ1) is 14.3. The number of allylic oxidation sites excluding steroid dienone is 2. The van der Waals surface area contributed by atoms with Crippen molar-refractivity contribution in [3.8, 4) is 0 Å². The molecule has 0 amide bonds. The van der Waals surface area contributed by atoms with Crippen molar-refractivity contribution in [2.45, 2.75) is 18.2 Å². The third kappa shape index (κ3) is 3.46. The van der Waals surface area contributed by atoms with E-state index in [-0.39, 0.29) is 33.2 Å². The van der Waals surface area contributed by atoms with Crippen LogP contribution in [0.4, 0.5) is 4.39 Å². The van der Waals surface area contributed by atoms with Crippen molar-refractivity contribution in [3.63, 3.8) is 0 Å². The van der Waals surface area contributed by atoms with Crippen LogP contribution in [-0.2, 0) is 15.6 Å². The molecule has 0 heterocycles. The molecule has 1 aliphatic carbocycles. The van der Waals surface area contributed by atoms with Crippen molar-refractivity contribution in [2.24, 2.45) is 0 Å². The number of hydrogen-bond donors (Lipinski definition) is 1. The van der Waals surface area contributed by atoms with E-state index in [1.165, 1.54) is 37.3 Å². The summed E-state index contributed by atoms with van der Waals surface area (Å²) < 4.78 is 72.3. The summed E-state index contributed by atoms with van der Waals surface area (Å²) in [6.45, 7) is 1.47. The molecule has 1 atom stereocenters. The Bertz CT molecular complexity index is 1170. The standard InChI is InChI=1S/C20H17FO3S/c1-12-17(9-13-3-6-15(7-4-13)25(2)24)16-8-5-14(21)10-19(16)18(12)11-20(22)23/h3-10H,11H2,1-2H3,(H,22,23)/b17-9-/i2D3,9D,11D2. The highest BCUT2D eigenvalue weighted by Crippen LogP contribution is 2.43. The summed E-state index contributed by atoms with van der Waals surface area (Å²) in [6, 6.07) is 8.92. The van der Waals surface area contributed by atoms with E-state index in [1.54, 1.807) is 0 Å². The fourth-order valence-electron chi connectivity index (χ4n) is 2.71. The van der Waals surface area contributed by atoms with Crippen LogP contribution in [0.2, 0.25) is 0 Å². The number of rotatable bonds is 4. The fraction of sp³-hybridized carbons (Fsp3) is 0.150. The minimum atomic E-state index is -2.81. The monoisotopic (exact) mass is 362 g/mol. The first-order valence-corrected chi connectivity index (χ1v) is 8.40. The lowest BCUT2D eigenvalue weighted by Crippen LogP contribution is -1.97. The third-order valence-electron chi connectivity index (χ3n) is 3.84. The van der Waals surface area contributed by atoms with Crippen molar-refractivity contribution < 1.29 is 26.7 Å². The molecule has 0 bridgehead atoms. The van der Waals surface area contributed by atoms with Crippen LogP contribution in [0.1, 0.15) is 38.2 Å². The number of carbonyl (C=O) groups is 1. The van der Waals surface area contributed by atoms with Crippen LogP contribution in [0, 0.1) is 5.82 Å². The number of hydrogen-bond acceptors (Lipinski definition) is 2. The molecule has 3 rings (SSSR count). The molecule has 1 aliphatic rings. The molecule has 0 saturated carbocycles. The number of benzene rings is 2. The van der Waals surface area contributed by atoms with E-state index in [2.05, 4.69) is 0 Å². The SMILES string of the molecule is [2H]/C(=C1\C(C)=C(C([2H])([2H])C(=O)O)c2cc(F)ccc21)c1ccc(S(=O)C([2H])([2H])[2H])cc1. The van der Waals surface area contributed by atoms with Gasteiger partial charge in [0.05, 0.1) is 7.74 Å². The zero-order valence-electron chi connectivity index (χ0n) is 19.1. The number of fused-ring (bicyclic) bond motifs is 1. The summed E-state index contributed by atoms with van der Waals surface area (Å²) in [5.74, 6) is -2.41. The van der Waals surface area contributed by atoms with Gasteiger partial charge in [-0.15, -0.1) is 0 Å². The maximum Gasteiger partial charge on any atom is 0.307 e. The second-order valence-corrected chi connectivity index (χ2v) is 6.42. The van der Waals surface area contributed by atoms with Crippen molar-refractivity contribution in [2.75, 3.05) is 6.18 Å². The smallest absolute Gasteiger partial charge is 0.307 e. The maximum atomic E-state index is 13.9. The summed E-state index contributed by atoms with van der Waals surface area (Å²) in [7, 11) is -2.24. The molecule has 0 fully saturated rings. The van der Waals surface area contributed by atoms with Gasteiger partial charge >= 0.3 is 5.97 Å². The second-order valence-electron chi connectivity index (χ2n) is 5.41. The van der Waals surface area contributed by atoms with E-state index in [0.29, 0.717) is 11.1 Å². The minimum absolute atomic E-state index is 0.0600. The van der Waals surface area contributed by atoms with Gasteiger partial charge in [-0.25, -0.2) is 4.39 Å². The van der Waals surface area contributed by atoms with E-state index in [4.69, 9.17) is 8.22 Å². The Labute approximate surface area is 156 Å². The summed E-state index contributed by atoms with van der Waals surface area (Å²) in [4.78, 5) is 11.6. The lowest BCUT2D eigenvalue weighted by Gasteiger charge is -2.05. The Morgan fingerprint density at radius 3 is 2.68 bits per heavy atom. The predicted octanol–water partition coefficient (Wildman–Crippen LogP) is 4.37. The second kappa shape index (κ2) is 6.76. The molecule has 0 spiro atoms. The lowest BCUT2D eigenvalue weighted by atomic mass is 10.0. The number of halogens is 1. The molecule has 0 aliphatic heterocycles. The molecule has 25 heavy (non-hydrogen) atoms. The highest BCUT2D eigenvalue weighted by molar-refractivity contribution is 7.84. The van der Waals surface area contributed by atoms with Crippen LogP contribution in [0.25, 0.3) is 17.2 Å². The van der Waals surface area contributed by atoms with Crippen molar-refractivity contribution in [1.29, 1.82) is 0 Å². The van der Waals surface area contributed by atoms with Gasteiger partial charge in [-0.2, -0.15) is 0 Å². The van der Waals surface area contributed by atoms with Crippen LogP contribution >= 0.6 is 0 Å². The number of aliphatic carboxylic acids is 1. The largest absolute Gasteiger partial charge is 0.481 e. The average molecular weight is 362 g/mol. The Morgan fingerprint density at radius 2 is 2.04 bits per heavy atom. The Hall–Kier alpha value is -2.53. The van der Waals surface area contributed by atoms with Crippen LogP contribution in [0.3, 0.4) is 0 Å². The molecular weight excluding hydrogens is 339 g/mol. The van der Waals surface area contributed by atoms with Gasteiger partial charge in [0.1, 0.15) is 5.82 Å². The Balaban J connectivity index is 2.20. The molecule has 128 valence electrons. The molecule has 0 aromatic heterocycles. The molecule has 2 aromatic carbocycles. The minimum Gasteiger partial charge on any atom is -0.481 e. The lowest BCUT2D eigenvalue weighted by molar-refractivity contribution is -0.135. The van der Waals surface area contributed by atoms with E-state index in [0.717, 1.165) is 12.1 Å². The van der Waals surface area contributed by atoms with Crippen LogP contribution in [-0.4, -0.2) is 21.5 Å². The first kappa shape index (κ1) is 11.2. The molecule has 0 radical (unpaired) electrons. The van der Waals surface area contributed by atoms with Crippen LogP contribution in [0.15, 0.2) is 52.9 Å². The summed E-state index contributed by atoms with van der Waals surface area (Å²) in [5, 5.41) is 9.36. The molecule has 1 unspecified atom stereocenters. The zero-order chi connectivity index (χ0) is 23.3. The molecular formula is C20H17FO3S. The third-order valence-corrected chi connectivity index (χ3v) is 4.54. The van der Waals surface area contributed by atoms with Crippen LogP contribution in [0.5, 0.6) is 0 Å². The average Bonchev–Trinajstić information content (AvgIpc) is 2.97. The van der Waals surface area contributed by atoms with Gasteiger partial charge in [-0.3, -0.25) is 9.00 Å². The normalized spacial score (nSPS) is 21.2. The summed E-state index contributed by atoms with van der Waals surface area (Å²) >= 11 is 0. The van der Waals surface area contributed by atoms with Gasteiger partial charge in [0.15, 0.2) is 0 Å². The van der Waals surface area contributed by atoms with E-state index >= 15 is 0 Å². The van der Waals surface area contributed by atoms with Gasteiger partial charge < -0.3 is 5.11 Å². The maximum absolute atomic E-state index is 13.9. The molecule has 0 saturated heterocycles. The van der Waals surface area contributed by atoms with Crippen molar-refractivity contribution in [3.05, 3.63) is 70.5 Å². The molecule has 1 N–H and O–H groups in total. The quantitative estimate of drug-likeness (QED) is 0.879.